The number of halogens is 1. The Kier molecular flexibility index (Phi) is 7.67. The number of nitrogens with zero attached hydrogens (tertiary/aromatic N) is 3. The first-order chi connectivity index (χ1) is 18.4. The molecule has 1 saturated carbocycles. The van der Waals surface area contributed by atoms with Crippen LogP contribution in [0, 0.1) is 11.7 Å². The maximum absolute atomic E-state index is 14.5. The fourth-order valence-electron chi connectivity index (χ4n) is 5.28. The SMILES string of the molecule is CC(C)c1nnc(C2CCC(C(=O)CCCNC(=O)c3cn(-c4ccccc4F)c4ccccc34)CC2)o1. The zero-order chi connectivity index (χ0) is 26.6. The van der Waals surface area contributed by atoms with Crippen molar-refractivity contribution >= 4 is 22.6 Å². The van der Waals surface area contributed by atoms with Crippen LogP contribution in [-0.4, -0.2) is 33.0 Å². The Morgan fingerprint density at radius 3 is 2.53 bits per heavy atom. The van der Waals surface area contributed by atoms with Gasteiger partial charge in [0.25, 0.3) is 5.91 Å². The molecule has 38 heavy (non-hydrogen) atoms. The number of Topliss-reactive ketones (excluding diaryl/α,β-unsaturated/α-hetero) is 1. The lowest BCUT2D eigenvalue weighted by Crippen LogP contribution is -2.26. The highest BCUT2D eigenvalue weighted by Gasteiger charge is 2.29. The molecule has 7 nitrogen and oxygen atoms in total. The van der Waals surface area contributed by atoms with Crippen LogP contribution < -0.4 is 5.32 Å². The van der Waals surface area contributed by atoms with Gasteiger partial charge in [0.2, 0.25) is 11.8 Å². The molecule has 1 amide bonds. The molecule has 0 saturated heterocycles. The Morgan fingerprint density at radius 2 is 1.79 bits per heavy atom. The third-order valence-electron chi connectivity index (χ3n) is 7.44. The molecule has 2 heterocycles. The Hall–Kier alpha value is -3.81. The molecule has 0 aliphatic heterocycles. The van der Waals surface area contributed by atoms with E-state index in [1.54, 1.807) is 29.0 Å². The van der Waals surface area contributed by atoms with Gasteiger partial charge in [-0.05, 0) is 50.3 Å². The highest BCUT2D eigenvalue weighted by molar-refractivity contribution is 6.07. The minimum Gasteiger partial charge on any atom is -0.425 e. The predicted octanol–water partition coefficient (Wildman–Crippen LogP) is 6.33. The largest absolute Gasteiger partial charge is 0.425 e. The number of hydrogen-bond donors (Lipinski definition) is 1. The lowest BCUT2D eigenvalue weighted by Gasteiger charge is -2.25. The second-order valence-corrected chi connectivity index (χ2v) is 10.4. The summed E-state index contributed by atoms with van der Waals surface area (Å²) in [7, 11) is 0. The van der Waals surface area contributed by atoms with E-state index in [2.05, 4.69) is 15.5 Å². The van der Waals surface area contributed by atoms with Crippen molar-refractivity contribution in [1.82, 2.24) is 20.1 Å². The highest BCUT2D eigenvalue weighted by Crippen LogP contribution is 2.36. The standard InChI is InChI=1S/C30H33FN4O3/c1-19(2)29-33-34-30(38-29)21-15-13-20(14-16-21)27(36)12-7-17-32-28(37)23-18-35(25-10-5-3-8-22(23)25)26-11-6-4-9-24(26)31/h3-6,8-11,18-21H,7,12-17H2,1-2H3,(H,32,37). The van der Waals surface area contributed by atoms with Crippen LogP contribution in [0.5, 0.6) is 0 Å². The Labute approximate surface area is 221 Å². The third-order valence-corrected chi connectivity index (χ3v) is 7.44. The first kappa shape index (κ1) is 25.8. The second kappa shape index (κ2) is 11.3. The number of hydrogen-bond acceptors (Lipinski definition) is 5. The number of fused-ring (bicyclic) bond motifs is 1. The molecular formula is C30H33FN4O3. The van der Waals surface area contributed by atoms with Gasteiger partial charge in [-0.3, -0.25) is 9.59 Å². The molecule has 198 valence electrons. The van der Waals surface area contributed by atoms with Crippen LogP contribution in [0.25, 0.3) is 16.6 Å². The molecular weight excluding hydrogens is 483 g/mol. The van der Waals surface area contributed by atoms with Crippen LogP contribution >= 0.6 is 0 Å². The van der Waals surface area contributed by atoms with E-state index in [4.69, 9.17) is 4.42 Å². The average Bonchev–Trinajstić information content (AvgIpc) is 3.58. The van der Waals surface area contributed by atoms with Crippen LogP contribution in [0.2, 0.25) is 0 Å². The van der Waals surface area contributed by atoms with E-state index in [0.717, 1.165) is 36.6 Å². The Morgan fingerprint density at radius 1 is 1.05 bits per heavy atom. The van der Waals surface area contributed by atoms with Gasteiger partial charge >= 0.3 is 0 Å². The molecule has 2 aromatic heterocycles. The molecule has 0 spiro atoms. The van der Waals surface area contributed by atoms with Crippen molar-refractivity contribution in [3.8, 4) is 5.69 Å². The van der Waals surface area contributed by atoms with Gasteiger partial charge in [0.05, 0.1) is 16.8 Å². The lowest BCUT2D eigenvalue weighted by atomic mass is 9.79. The summed E-state index contributed by atoms with van der Waals surface area (Å²) in [4.78, 5) is 25.8. The number of benzene rings is 2. The fourth-order valence-corrected chi connectivity index (χ4v) is 5.28. The average molecular weight is 517 g/mol. The van der Waals surface area contributed by atoms with Gasteiger partial charge < -0.3 is 14.3 Å². The summed E-state index contributed by atoms with van der Waals surface area (Å²) in [6, 6.07) is 14.0. The van der Waals surface area contributed by atoms with E-state index in [9.17, 15) is 14.0 Å². The van der Waals surface area contributed by atoms with Gasteiger partial charge in [0.1, 0.15) is 11.6 Å². The first-order valence-corrected chi connectivity index (χ1v) is 13.4. The maximum Gasteiger partial charge on any atom is 0.253 e. The van der Waals surface area contributed by atoms with Gasteiger partial charge in [-0.25, -0.2) is 4.39 Å². The number of aromatic nitrogens is 3. The summed E-state index contributed by atoms with van der Waals surface area (Å²) in [6.45, 7) is 4.46. The minimum absolute atomic E-state index is 0.0492. The monoisotopic (exact) mass is 516 g/mol. The molecule has 5 rings (SSSR count). The zero-order valence-electron chi connectivity index (χ0n) is 21.8. The van der Waals surface area contributed by atoms with Crippen LogP contribution in [0.1, 0.15) is 86.3 Å². The van der Waals surface area contributed by atoms with Crippen molar-refractivity contribution in [1.29, 1.82) is 0 Å². The molecule has 0 bridgehead atoms. The van der Waals surface area contributed by atoms with E-state index in [1.165, 1.54) is 6.07 Å². The normalized spacial score (nSPS) is 17.7. The van der Waals surface area contributed by atoms with Crippen molar-refractivity contribution < 1.29 is 18.4 Å². The molecule has 1 fully saturated rings. The van der Waals surface area contributed by atoms with E-state index in [0.29, 0.717) is 42.4 Å². The zero-order valence-corrected chi connectivity index (χ0v) is 21.8. The van der Waals surface area contributed by atoms with E-state index >= 15 is 0 Å². The molecule has 4 aromatic rings. The Balaban J connectivity index is 1.13. The van der Waals surface area contributed by atoms with Gasteiger partial charge in [0, 0.05) is 42.3 Å². The molecule has 1 aliphatic carbocycles. The van der Waals surface area contributed by atoms with Gasteiger partial charge in [-0.15, -0.1) is 10.2 Å². The highest BCUT2D eigenvalue weighted by atomic mass is 19.1. The van der Waals surface area contributed by atoms with Crippen molar-refractivity contribution in [2.75, 3.05) is 6.54 Å². The molecule has 8 heteroatoms. The smallest absolute Gasteiger partial charge is 0.253 e. The molecule has 0 unspecified atom stereocenters. The maximum atomic E-state index is 14.5. The predicted molar refractivity (Wildman–Crippen MR) is 143 cm³/mol. The number of carbonyl (C=O) groups is 2. The van der Waals surface area contributed by atoms with Crippen molar-refractivity contribution in [2.45, 2.75) is 64.2 Å². The Bertz CT molecular complexity index is 1430. The molecule has 1 N–H and O–H groups in total. The van der Waals surface area contributed by atoms with Crippen molar-refractivity contribution in [2.24, 2.45) is 5.92 Å². The number of nitrogens with one attached hydrogen (secondary N) is 1. The number of ketones is 1. The van der Waals surface area contributed by atoms with Crippen LogP contribution in [0.15, 0.2) is 59.1 Å². The van der Waals surface area contributed by atoms with E-state index in [1.807, 2.05) is 38.1 Å². The molecule has 0 atom stereocenters. The molecule has 0 radical (unpaired) electrons. The van der Waals surface area contributed by atoms with Crippen LogP contribution in [0.3, 0.4) is 0 Å². The van der Waals surface area contributed by atoms with Crippen LogP contribution in [-0.2, 0) is 4.79 Å². The fraction of sp³-hybridized carbons (Fsp3) is 0.400. The lowest BCUT2D eigenvalue weighted by molar-refractivity contribution is -0.124. The van der Waals surface area contributed by atoms with Crippen molar-refractivity contribution in [3.63, 3.8) is 0 Å². The van der Waals surface area contributed by atoms with Crippen LogP contribution in [0.4, 0.5) is 4.39 Å². The topological polar surface area (TPSA) is 90.0 Å². The summed E-state index contributed by atoms with van der Waals surface area (Å²) in [5.41, 5.74) is 1.63. The molecule has 1 aliphatic rings. The number of rotatable bonds is 9. The molecule has 2 aromatic carbocycles. The summed E-state index contributed by atoms with van der Waals surface area (Å²) in [5, 5.41) is 12.0. The van der Waals surface area contributed by atoms with E-state index < -0.39 is 0 Å². The summed E-state index contributed by atoms with van der Waals surface area (Å²) < 4.78 is 22.0. The van der Waals surface area contributed by atoms with Crippen molar-refractivity contribution in [3.05, 3.63) is 77.9 Å². The second-order valence-electron chi connectivity index (χ2n) is 10.4. The summed E-state index contributed by atoms with van der Waals surface area (Å²) >= 11 is 0. The van der Waals surface area contributed by atoms with Gasteiger partial charge in [-0.2, -0.15) is 0 Å². The van der Waals surface area contributed by atoms with Gasteiger partial charge in [0.15, 0.2) is 0 Å². The third kappa shape index (κ3) is 5.39. The van der Waals surface area contributed by atoms with E-state index in [-0.39, 0.29) is 35.3 Å². The quantitative estimate of drug-likeness (QED) is 0.263. The minimum atomic E-state index is -0.356. The number of carbonyl (C=O) groups excluding carboxylic acids is 2. The summed E-state index contributed by atoms with van der Waals surface area (Å²) in [6.07, 6.45) is 6.09. The first-order valence-electron chi connectivity index (χ1n) is 13.4. The van der Waals surface area contributed by atoms with Gasteiger partial charge in [-0.1, -0.05) is 44.2 Å². The number of para-hydroxylation sites is 2. The summed E-state index contributed by atoms with van der Waals surface area (Å²) in [5.74, 6) is 1.51. The number of amides is 1.